The normalized spacial score (nSPS) is 31.8. The number of fused-ring (bicyclic) bond motifs is 1. The van der Waals surface area contributed by atoms with E-state index in [0.717, 1.165) is 44.9 Å². The van der Waals surface area contributed by atoms with Crippen molar-refractivity contribution in [3.05, 3.63) is 0 Å². The Morgan fingerprint density at radius 2 is 2.03 bits per heavy atom. The second-order valence-corrected chi connectivity index (χ2v) is 10.2. The monoisotopic (exact) mass is 440 g/mol. The lowest BCUT2D eigenvalue weighted by molar-refractivity contribution is -0.153. The Morgan fingerprint density at radius 3 is 2.73 bits per heavy atom. The number of nitrogens with zero attached hydrogens (tertiary/aromatic N) is 1. The number of rotatable bonds is 12. The average molecular weight is 441 g/mol. The Morgan fingerprint density at radius 1 is 1.23 bits per heavy atom. The summed E-state index contributed by atoms with van der Waals surface area (Å²) in [4.78, 5) is 41.3. The lowest BCUT2D eigenvalue weighted by Crippen LogP contribution is -2.53. The third-order valence-electron chi connectivity index (χ3n) is 6.74. The third kappa shape index (κ3) is 4.22. The zero-order valence-electron chi connectivity index (χ0n) is 18.2. The first-order valence-electron chi connectivity index (χ1n) is 11.5. The summed E-state index contributed by atoms with van der Waals surface area (Å²) in [6.07, 6.45) is 6.94. The van der Waals surface area contributed by atoms with E-state index < -0.39 is 22.6 Å². The molecule has 3 aliphatic heterocycles. The minimum Gasteiger partial charge on any atom is -0.466 e. The average Bonchev–Trinajstić information content (AvgIpc) is 3.36. The summed E-state index contributed by atoms with van der Waals surface area (Å²) < 4.78 is 4.79. The maximum Gasteiger partial charge on any atom is 0.310 e. The largest absolute Gasteiger partial charge is 0.466 e. The highest BCUT2D eigenvalue weighted by Gasteiger charge is 2.73. The predicted octanol–water partition coefficient (Wildman–Crippen LogP) is 2.11. The zero-order chi connectivity index (χ0) is 21.7. The summed E-state index contributed by atoms with van der Waals surface area (Å²) in [6.45, 7) is 5.44. The van der Waals surface area contributed by atoms with Gasteiger partial charge in [0.15, 0.2) is 0 Å². The van der Waals surface area contributed by atoms with Gasteiger partial charge in [-0.3, -0.25) is 14.4 Å². The molecule has 8 heteroatoms. The van der Waals surface area contributed by atoms with Crippen molar-refractivity contribution in [2.75, 3.05) is 26.3 Å². The highest BCUT2D eigenvalue weighted by molar-refractivity contribution is 8.02. The smallest absolute Gasteiger partial charge is 0.310 e. The standard InChI is InChI=1S/C22H36N2O5S/c1-3-5-7-12-23-19(26)18-22-11-10-15(30-22)16(21(28)29-4-2)17(22)20(27)24(18)13-8-6-9-14-25/h15-18,25H,3-14H2,1-2H3,(H,23,26)/t15-,16+,17-,18?,22?/m0/s1. The number of carbonyl (C=O) groups is 3. The molecule has 2 N–H and O–H groups in total. The quantitative estimate of drug-likeness (QED) is 0.356. The van der Waals surface area contributed by atoms with E-state index in [1.807, 2.05) is 0 Å². The van der Waals surface area contributed by atoms with Gasteiger partial charge in [0.2, 0.25) is 11.8 Å². The van der Waals surface area contributed by atoms with Crippen molar-refractivity contribution in [1.82, 2.24) is 10.2 Å². The van der Waals surface area contributed by atoms with Crippen LogP contribution in [-0.2, 0) is 19.1 Å². The van der Waals surface area contributed by atoms with E-state index in [1.165, 1.54) is 0 Å². The highest BCUT2D eigenvalue weighted by atomic mass is 32.2. The molecule has 0 saturated carbocycles. The number of hydrogen-bond donors (Lipinski definition) is 2. The van der Waals surface area contributed by atoms with Crippen LogP contribution >= 0.6 is 11.8 Å². The number of thioether (sulfide) groups is 1. The number of unbranched alkanes of at least 4 members (excludes halogenated alkanes) is 4. The Bertz CT molecular complexity index is 645. The summed E-state index contributed by atoms with van der Waals surface area (Å²) in [5.41, 5.74) is 0. The molecule has 1 spiro atoms. The van der Waals surface area contributed by atoms with E-state index in [0.29, 0.717) is 26.1 Å². The van der Waals surface area contributed by atoms with Crippen LogP contribution in [0.5, 0.6) is 0 Å². The molecule has 7 nitrogen and oxygen atoms in total. The van der Waals surface area contributed by atoms with Crippen molar-refractivity contribution >= 4 is 29.5 Å². The van der Waals surface area contributed by atoms with Gasteiger partial charge in [0.25, 0.3) is 0 Å². The van der Waals surface area contributed by atoms with Crippen molar-refractivity contribution < 1.29 is 24.2 Å². The second-order valence-electron chi connectivity index (χ2n) is 8.62. The van der Waals surface area contributed by atoms with Crippen LogP contribution in [0.25, 0.3) is 0 Å². The van der Waals surface area contributed by atoms with Gasteiger partial charge in [-0.15, -0.1) is 11.8 Å². The van der Waals surface area contributed by atoms with Gasteiger partial charge >= 0.3 is 5.97 Å². The number of aliphatic hydroxyl groups is 1. The molecule has 0 aromatic heterocycles. The third-order valence-corrected chi connectivity index (χ3v) is 8.70. The van der Waals surface area contributed by atoms with Gasteiger partial charge in [-0.05, 0) is 45.4 Å². The molecule has 30 heavy (non-hydrogen) atoms. The summed E-state index contributed by atoms with van der Waals surface area (Å²) >= 11 is 1.68. The maximum absolute atomic E-state index is 13.5. The van der Waals surface area contributed by atoms with Crippen LogP contribution in [0.3, 0.4) is 0 Å². The molecule has 170 valence electrons. The molecular formula is C22H36N2O5S. The number of aliphatic hydroxyl groups excluding tert-OH is 1. The van der Waals surface area contributed by atoms with Crippen molar-refractivity contribution in [2.45, 2.75) is 81.3 Å². The Hall–Kier alpha value is -1.28. The molecule has 2 unspecified atom stereocenters. The molecule has 2 amide bonds. The number of nitrogens with one attached hydrogen (secondary N) is 1. The molecule has 5 atom stereocenters. The van der Waals surface area contributed by atoms with Crippen LogP contribution in [-0.4, -0.2) is 70.1 Å². The van der Waals surface area contributed by atoms with E-state index in [9.17, 15) is 14.4 Å². The minimum atomic E-state index is -0.528. The second kappa shape index (κ2) is 10.4. The van der Waals surface area contributed by atoms with Crippen molar-refractivity contribution in [1.29, 1.82) is 0 Å². The summed E-state index contributed by atoms with van der Waals surface area (Å²) in [5, 5.41) is 12.2. The van der Waals surface area contributed by atoms with E-state index in [4.69, 9.17) is 9.84 Å². The molecule has 3 saturated heterocycles. The molecule has 0 radical (unpaired) electrons. The van der Waals surface area contributed by atoms with E-state index in [1.54, 1.807) is 23.6 Å². The number of esters is 1. The fraction of sp³-hybridized carbons (Fsp3) is 0.864. The molecule has 3 heterocycles. The van der Waals surface area contributed by atoms with Crippen LogP contribution in [0.1, 0.15) is 65.2 Å². The molecule has 3 aliphatic rings. The fourth-order valence-electron chi connectivity index (χ4n) is 5.45. The van der Waals surface area contributed by atoms with Gasteiger partial charge in [-0.1, -0.05) is 19.8 Å². The first kappa shape index (κ1) is 23.4. The molecule has 3 fully saturated rings. The van der Waals surface area contributed by atoms with Crippen molar-refractivity contribution in [2.24, 2.45) is 11.8 Å². The van der Waals surface area contributed by atoms with Crippen LogP contribution in [0.4, 0.5) is 0 Å². The van der Waals surface area contributed by atoms with Gasteiger partial charge in [-0.25, -0.2) is 0 Å². The van der Waals surface area contributed by atoms with Gasteiger partial charge in [0, 0.05) is 24.9 Å². The SMILES string of the molecule is CCCCCNC(=O)C1N(CCCCCO)C(=O)[C@@H]2[C@H](C(=O)OCC)[C@@H]3CCC12S3. The van der Waals surface area contributed by atoms with Crippen LogP contribution in [0, 0.1) is 11.8 Å². The van der Waals surface area contributed by atoms with Crippen LogP contribution in [0.2, 0.25) is 0 Å². The lowest BCUT2D eigenvalue weighted by Gasteiger charge is -2.34. The highest BCUT2D eigenvalue weighted by Crippen LogP contribution is 2.66. The van der Waals surface area contributed by atoms with Crippen LogP contribution in [0.15, 0.2) is 0 Å². The Kier molecular flexibility index (Phi) is 8.07. The summed E-state index contributed by atoms with van der Waals surface area (Å²) in [7, 11) is 0. The van der Waals surface area contributed by atoms with Crippen molar-refractivity contribution in [3.8, 4) is 0 Å². The van der Waals surface area contributed by atoms with Crippen molar-refractivity contribution in [3.63, 3.8) is 0 Å². The molecule has 2 bridgehead atoms. The van der Waals surface area contributed by atoms with E-state index in [2.05, 4.69) is 12.2 Å². The molecule has 0 aromatic carbocycles. The fourth-order valence-corrected chi connectivity index (χ4v) is 7.66. The first-order chi connectivity index (χ1) is 14.5. The molecular weight excluding hydrogens is 404 g/mol. The molecule has 0 aliphatic carbocycles. The Balaban J connectivity index is 1.82. The van der Waals surface area contributed by atoms with Gasteiger partial charge in [0.1, 0.15) is 6.04 Å². The molecule has 3 rings (SSSR count). The van der Waals surface area contributed by atoms with Crippen LogP contribution < -0.4 is 5.32 Å². The number of amides is 2. The summed E-state index contributed by atoms with van der Waals surface area (Å²) in [5.74, 6) is -1.36. The number of ether oxygens (including phenoxy) is 1. The first-order valence-corrected chi connectivity index (χ1v) is 12.4. The minimum absolute atomic E-state index is 0.0601. The Labute approximate surface area is 183 Å². The zero-order valence-corrected chi connectivity index (χ0v) is 19.0. The lowest BCUT2D eigenvalue weighted by atomic mass is 9.71. The number of hydrogen-bond acceptors (Lipinski definition) is 6. The topological polar surface area (TPSA) is 95.9 Å². The predicted molar refractivity (Wildman–Crippen MR) is 116 cm³/mol. The maximum atomic E-state index is 13.5. The van der Waals surface area contributed by atoms with Gasteiger partial charge in [-0.2, -0.15) is 0 Å². The number of carbonyl (C=O) groups excluding carboxylic acids is 3. The molecule has 0 aromatic rings. The van der Waals surface area contributed by atoms with Gasteiger partial charge in [0.05, 0.1) is 23.2 Å². The van der Waals surface area contributed by atoms with Gasteiger partial charge < -0.3 is 20.1 Å². The van der Waals surface area contributed by atoms with E-state index >= 15 is 0 Å². The summed E-state index contributed by atoms with van der Waals surface area (Å²) in [6, 6.07) is -0.528. The number of likely N-dealkylation sites (tertiary alicyclic amines) is 1. The van der Waals surface area contributed by atoms with E-state index in [-0.39, 0.29) is 29.6 Å².